The molecule has 2 nitrogen and oxygen atoms in total. The number of hydrogen-bond acceptors (Lipinski definition) is 3. The van der Waals surface area contributed by atoms with E-state index in [1.54, 1.807) is 11.3 Å². The van der Waals surface area contributed by atoms with E-state index in [2.05, 4.69) is 6.08 Å². The summed E-state index contributed by atoms with van der Waals surface area (Å²) < 4.78 is 0. The molecular weight excluding hydrogens is 206 g/mol. The smallest absolute Gasteiger partial charge is 0.180 e. The lowest BCUT2D eigenvalue weighted by Gasteiger charge is -2.15. The van der Waals surface area contributed by atoms with Crippen LogP contribution >= 0.6 is 11.3 Å². The minimum atomic E-state index is -0.450. The van der Waals surface area contributed by atoms with Crippen molar-refractivity contribution in [2.45, 2.75) is 31.7 Å². The summed E-state index contributed by atoms with van der Waals surface area (Å²) in [5.41, 5.74) is 6.87. The van der Waals surface area contributed by atoms with Crippen LogP contribution in [0.25, 0.3) is 0 Å². The van der Waals surface area contributed by atoms with Crippen LogP contribution in [0.1, 0.15) is 36.6 Å². The van der Waals surface area contributed by atoms with E-state index in [1.807, 2.05) is 17.5 Å². The molecule has 1 unspecified atom stereocenters. The lowest BCUT2D eigenvalue weighted by atomic mass is 9.93. The van der Waals surface area contributed by atoms with E-state index in [0.717, 1.165) is 29.7 Å². The molecule has 2 N–H and O–H groups in total. The topological polar surface area (TPSA) is 43.1 Å². The summed E-state index contributed by atoms with van der Waals surface area (Å²) in [6.07, 6.45) is 6.30. The molecule has 1 aromatic heterocycles. The Morgan fingerprint density at radius 2 is 2.33 bits per heavy atom. The first kappa shape index (κ1) is 10.6. The SMILES string of the molecule is NC(C(=O)C1=CCCCC1)c1cccs1. The van der Waals surface area contributed by atoms with E-state index in [9.17, 15) is 4.79 Å². The van der Waals surface area contributed by atoms with Crippen molar-refractivity contribution < 1.29 is 4.79 Å². The fourth-order valence-electron chi connectivity index (χ4n) is 1.86. The van der Waals surface area contributed by atoms with E-state index in [1.165, 1.54) is 6.42 Å². The highest BCUT2D eigenvalue weighted by molar-refractivity contribution is 7.10. The van der Waals surface area contributed by atoms with Gasteiger partial charge in [0.25, 0.3) is 0 Å². The second kappa shape index (κ2) is 4.73. The number of rotatable bonds is 3. The lowest BCUT2D eigenvalue weighted by Crippen LogP contribution is -2.22. The Balaban J connectivity index is 2.10. The van der Waals surface area contributed by atoms with E-state index >= 15 is 0 Å². The molecule has 15 heavy (non-hydrogen) atoms. The quantitative estimate of drug-likeness (QED) is 0.853. The first-order valence-electron chi connectivity index (χ1n) is 5.31. The summed E-state index contributed by atoms with van der Waals surface area (Å²) in [5, 5.41) is 1.96. The van der Waals surface area contributed by atoms with Crippen LogP contribution in [0.15, 0.2) is 29.2 Å². The van der Waals surface area contributed by atoms with Gasteiger partial charge >= 0.3 is 0 Å². The number of carbonyl (C=O) groups excluding carboxylic acids is 1. The monoisotopic (exact) mass is 221 g/mol. The summed E-state index contributed by atoms with van der Waals surface area (Å²) in [6.45, 7) is 0. The number of carbonyl (C=O) groups is 1. The van der Waals surface area contributed by atoms with Crippen molar-refractivity contribution >= 4 is 17.1 Å². The van der Waals surface area contributed by atoms with Gasteiger partial charge in [-0.1, -0.05) is 12.1 Å². The molecule has 0 radical (unpaired) electrons. The molecule has 0 aromatic carbocycles. The predicted octanol–water partition coefficient (Wildman–Crippen LogP) is 2.82. The Labute approximate surface area is 93.8 Å². The van der Waals surface area contributed by atoms with E-state index in [-0.39, 0.29) is 5.78 Å². The minimum Gasteiger partial charge on any atom is -0.317 e. The van der Waals surface area contributed by atoms with Gasteiger partial charge in [0.2, 0.25) is 0 Å². The third-order valence-corrected chi connectivity index (χ3v) is 3.70. The van der Waals surface area contributed by atoms with Gasteiger partial charge in [-0.2, -0.15) is 0 Å². The largest absolute Gasteiger partial charge is 0.317 e. The van der Waals surface area contributed by atoms with Crippen LogP contribution < -0.4 is 5.73 Å². The van der Waals surface area contributed by atoms with Crippen LogP contribution in [-0.4, -0.2) is 5.78 Å². The van der Waals surface area contributed by atoms with Gasteiger partial charge in [0.05, 0.1) is 0 Å². The van der Waals surface area contributed by atoms with Crippen LogP contribution in [0.2, 0.25) is 0 Å². The number of allylic oxidation sites excluding steroid dienone is 1. The molecular formula is C12H15NOS. The Morgan fingerprint density at radius 1 is 1.47 bits per heavy atom. The Kier molecular flexibility index (Phi) is 3.34. The lowest BCUT2D eigenvalue weighted by molar-refractivity contribution is -0.117. The highest BCUT2D eigenvalue weighted by Crippen LogP contribution is 2.25. The van der Waals surface area contributed by atoms with Gasteiger partial charge in [0.15, 0.2) is 5.78 Å². The van der Waals surface area contributed by atoms with Crippen LogP contribution in [-0.2, 0) is 4.79 Å². The molecule has 0 aliphatic heterocycles. The first-order valence-corrected chi connectivity index (χ1v) is 6.19. The number of nitrogens with two attached hydrogens (primary N) is 1. The highest BCUT2D eigenvalue weighted by atomic mass is 32.1. The second-order valence-electron chi connectivity index (χ2n) is 3.83. The van der Waals surface area contributed by atoms with E-state index in [4.69, 9.17) is 5.73 Å². The fourth-order valence-corrected chi connectivity index (χ4v) is 2.58. The van der Waals surface area contributed by atoms with Gasteiger partial charge in [0, 0.05) is 4.88 Å². The molecule has 2 rings (SSSR count). The van der Waals surface area contributed by atoms with Gasteiger partial charge in [-0.3, -0.25) is 4.79 Å². The van der Waals surface area contributed by atoms with Crippen LogP contribution in [0, 0.1) is 0 Å². The number of ketones is 1. The van der Waals surface area contributed by atoms with E-state index < -0.39 is 6.04 Å². The van der Waals surface area contributed by atoms with Crippen LogP contribution in [0.3, 0.4) is 0 Å². The molecule has 0 bridgehead atoms. The fraction of sp³-hybridized carbons (Fsp3) is 0.417. The van der Waals surface area contributed by atoms with E-state index in [0.29, 0.717) is 0 Å². The third kappa shape index (κ3) is 2.36. The Morgan fingerprint density at radius 3 is 2.93 bits per heavy atom. The number of hydrogen-bond donors (Lipinski definition) is 1. The van der Waals surface area contributed by atoms with Gasteiger partial charge in [0.1, 0.15) is 6.04 Å². The van der Waals surface area contributed by atoms with Crippen LogP contribution in [0.4, 0.5) is 0 Å². The maximum absolute atomic E-state index is 12.0. The molecule has 80 valence electrons. The average Bonchev–Trinajstić information content (AvgIpc) is 2.82. The van der Waals surface area contributed by atoms with Gasteiger partial charge in [-0.05, 0) is 42.7 Å². The maximum atomic E-state index is 12.0. The summed E-state index contributed by atoms with van der Waals surface area (Å²) in [6, 6.07) is 3.41. The predicted molar refractivity (Wildman–Crippen MR) is 62.8 cm³/mol. The van der Waals surface area contributed by atoms with Gasteiger partial charge < -0.3 is 5.73 Å². The standard InChI is InChI=1S/C12H15NOS/c13-11(10-7-4-8-15-10)12(14)9-5-2-1-3-6-9/h4-5,7-8,11H,1-3,6,13H2. The number of Topliss-reactive ketones (excluding diaryl/α,β-unsaturated/α-hetero) is 1. The van der Waals surface area contributed by atoms with Crippen molar-refractivity contribution in [3.05, 3.63) is 34.0 Å². The summed E-state index contributed by atoms with van der Waals surface area (Å²) in [4.78, 5) is 13.0. The van der Waals surface area contributed by atoms with Crippen molar-refractivity contribution in [1.29, 1.82) is 0 Å². The summed E-state index contributed by atoms with van der Waals surface area (Å²) >= 11 is 1.55. The normalized spacial score (nSPS) is 18.3. The zero-order chi connectivity index (χ0) is 10.7. The van der Waals surface area contributed by atoms with Crippen molar-refractivity contribution in [2.75, 3.05) is 0 Å². The molecule has 3 heteroatoms. The van der Waals surface area contributed by atoms with Crippen molar-refractivity contribution in [2.24, 2.45) is 5.73 Å². The average molecular weight is 221 g/mol. The molecule has 0 spiro atoms. The Bertz CT molecular complexity index is 367. The van der Waals surface area contributed by atoms with Gasteiger partial charge in [-0.25, -0.2) is 0 Å². The zero-order valence-corrected chi connectivity index (χ0v) is 9.43. The molecule has 0 saturated carbocycles. The highest BCUT2D eigenvalue weighted by Gasteiger charge is 2.21. The van der Waals surface area contributed by atoms with Crippen LogP contribution in [0.5, 0.6) is 0 Å². The molecule has 1 atom stereocenters. The third-order valence-electron chi connectivity index (χ3n) is 2.74. The summed E-state index contributed by atoms with van der Waals surface area (Å²) in [7, 11) is 0. The molecule has 1 aromatic rings. The Hall–Kier alpha value is -0.930. The van der Waals surface area contributed by atoms with Crippen molar-refractivity contribution in [3.63, 3.8) is 0 Å². The molecule has 0 amide bonds. The summed E-state index contributed by atoms with van der Waals surface area (Å²) in [5.74, 6) is 0.108. The zero-order valence-electron chi connectivity index (χ0n) is 8.61. The van der Waals surface area contributed by atoms with Gasteiger partial charge in [-0.15, -0.1) is 11.3 Å². The maximum Gasteiger partial charge on any atom is 0.180 e. The first-order chi connectivity index (χ1) is 7.29. The molecule has 0 fully saturated rings. The second-order valence-corrected chi connectivity index (χ2v) is 4.81. The minimum absolute atomic E-state index is 0.108. The molecule has 1 aliphatic carbocycles. The van der Waals surface area contributed by atoms with Crippen molar-refractivity contribution in [1.82, 2.24) is 0 Å². The molecule has 1 heterocycles. The van der Waals surface area contributed by atoms with Crippen molar-refractivity contribution in [3.8, 4) is 0 Å². The molecule has 1 aliphatic rings. The molecule has 0 saturated heterocycles. The number of thiophene rings is 1.